The lowest BCUT2D eigenvalue weighted by atomic mass is 9.14. The van der Waals surface area contributed by atoms with Gasteiger partial charge in [0.25, 0.3) is 0 Å². The van der Waals surface area contributed by atoms with Gasteiger partial charge in [-0.3, -0.25) is 0 Å². The molecule has 0 unspecified atom stereocenters. The number of likely N-dealkylation sites (N-methyl/N-ethyl adjacent to an activating group) is 1. The Morgan fingerprint density at radius 2 is 0.820 bits per heavy atom. The molecule has 1 aliphatic heterocycles. The van der Waals surface area contributed by atoms with Crippen molar-refractivity contribution in [3.63, 3.8) is 0 Å². The number of rotatable bonds is 6. The molecule has 0 fully saturated rings. The fourth-order valence-electron chi connectivity index (χ4n) is 6.24. The second kappa shape index (κ2) is 12.7. The van der Waals surface area contributed by atoms with Gasteiger partial charge in [0.2, 0.25) is 0 Å². The van der Waals surface area contributed by atoms with Gasteiger partial charge >= 0.3 is 0 Å². The summed E-state index contributed by atoms with van der Waals surface area (Å²) in [5, 5.41) is 0. The molecule has 0 spiro atoms. The Bertz CT molecular complexity index is 1950. The van der Waals surface area contributed by atoms with Crippen molar-refractivity contribution < 1.29 is 70.4 Å². The van der Waals surface area contributed by atoms with E-state index >= 15 is 26.3 Å². The monoisotopic (exact) mass is 723 g/mol. The van der Waals surface area contributed by atoms with E-state index in [4.69, 9.17) is 0 Å². The third-order valence-electron chi connectivity index (χ3n) is 8.86. The largest absolute Gasteiger partial charge is 0.230 e. The van der Waals surface area contributed by atoms with Crippen LogP contribution in [-0.2, 0) is 0 Å². The van der Waals surface area contributed by atoms with Crippen LogP contribution in [0, 0.1) is 87.3 Å². The van der Waals surface area contributed by atoms with E-state index in [0.29, 0.717) is 5.71 Å². The zero-order chi connectivity index (χ0) is 37.3. The Morgan fingerprint density at radius 1 is 0.520 bits per heavy atom. The molecule has 17 heteroatoms. The molecular weight excluding hydrogens is 706 g/mol. The lowest BCUT2D eigenvalue weighted by Gasteiger charge is -2.42. The molecule has 5 rings (SSSR count). The van der Waals surface area contributed by atoms with Crippen molar-refractivity contribution in [3.8, 4) is 0 Å². The highest BCUT2D eigenvalue weighted by Gasteiger charge is 2.48. The second-order valence-electron chi connectivity index (χ2n) is 11.4. The van der Waals surface area contributed by atoms with E-state index in [1.165, 1.54) is 49.7 Å². The van der Waals surface area contributed by atoms with Gasteiger partial charge in [0.05, 0.1) is 0 Å². The lowest BCUT2D eigenvalue weighted by molar-refractivity contribution is -0.519. The minimum Gasteiger partial charge on any atom is -0.230 e. The maximum absolute atomic E-state index is 16.0. The van der Waals surface area contributed by atoms with Crippen LogP contribution in [0.15, 0.2) is 48.0 Å². The van der Waals surface area contributed by atoms with Gasteiger partial charge in [0, 0.05) is 25.5 Å². The van der Waals surface area contributed by atoms with Crippen LogP contribution in [0.25, 0.3) is 5.57 Å². The van der Waals surface area contributed by atoms with Gasteiger partial charge in [-0.2, -0.15) is 0 Å². The normalized spacial score (nSPS) is 15.4. The summed E-state index contributed by atoms with van der Waals surface area (Å²) < 4.78 is 230. The smallest absolute Gasteiger partial charge is 0.200 e. The fourth-order valence-corrected chi connectivity index (χ4v) is 6.24. The fraction of sp³-hybridized carbons (Fsp3) is 0.121. The second-order valence-corrected chi connectivity index (χ2v) is 11.4. The molecule has 4 aromatic carbocycles. The Hall–Kier alpha value is -4.96. The highest BCUT2D eigenvalue weighted by molar-refractivity contribution is 7.15. The van der Waals surface area contributed by atoms with Crippen molar-refractivity contribution in [3.05, 3.63) is 141 Å². The molecule has 1 aliphatic rings. The molecule has 262 valence electrons. The third kappa shape index (κ3) is 5.11. The first-order valence-corrected chi connectivity index (χ1v) is 14.1. The topological polar surface area (TPSA) is 3.01 Å². The van der Waals surface area contributed by atoms with Crippen molar-refractivity contribution in [1.29, 1.82) is 0 Å². The van der Waals surface area contributed by atoms with Crippen molar-refractivity contribution >= 4 is 33.8 Å². The molecule has 0 amide bonds. The summed E-state index contributed by atoms with van der Waals surface area (Å²) in [5.74, 6) is -45.7. The van der Waals surface area contributed by atoms with Crippen LogP contribution in [0.1, 0.15) is 19.4 Å². The first kappa shape index (κ1) is 36.3. The lowest BCUT2D eigenvalue weighted by Crippen LogP contribution is -2.72. The zero-order valence-corrected chi connectivity index (χ0v) is 25.3. The predicted molar refractivity (Wildman–Crippen MR) is 152 cm³/mol. The van der Waals surface area contributed by atoms with Crippen LogP contribution in [0.3, 0.4) is 0 Å². The molecule has 4 aromatic rings. The van der Waals surface area contributed by atoms with Crippen LogP contribution >= 0.6 is 0 Å². The summed E-state index contributed by atoms with van der Waals surface area (Å²) in [5.41, 5.74) is -8.75. The summed E-state index contributed by atoms with van der Waals surface area (Å²) in [6, 6.07) is 5.24. The van der Waals surface area contributed by atoms with E-state index in [9.17, 15) is 39.5 Å². The Labute approximate surface area is 272 Å². The van der Waals surface area contributed by atoms with E-state index < -0.39 is 121 Å². The molecule has 0 bridgehead atoms. The van der Waals surface area contributed by atoms with Gasteiger partial charge in [-0.1, -0.05) is 30.3 Å². The molecule has 0 aliphatic carbocycles. The van der Waals surface area contributed by atoms with Crippen molar-refractivity contribution in [2.45, 2.75) is 19.9 Å². The molecule has 0 saturated heterocycles. The highest BCUT2D eigenvalue weighted by Crippen LogP contribution is 2.35. The molecule has 0 aromatic heterocycles. The summed E-state index contributed by atoms with van der Waals surface area (Å²) in [7, 11) is 1.46. The van der Waals surface area contributed by atoms with Crippen molar-refractivity contribution in [2.75, 3.05) is 7.05 Å². The zero-order valence-electron chi connectivity index (χ0n) is 25.3. The standard InChI is InChI=1S/C33H17BF15N/c1-11-9-14(12(2)50(11)3)15(13-7-5-4-6-8-13)10-34(16-19(35)25(41)31(47)26(42)20(16)36,17-21(37)27(43)32(48)28(44)22(17)38)18-23(39)29(45)33(49)30(46)24(18)40/h4-10,12H,1-3H3/t12-/m1/s1. The van der Waals surface area contributed by atoms with Gasteiger partial charge in [-0.25, -0.2) is 76.4 Å². The van der Waals surface area contributed by atoms with Crippen molar-refractivity contribution in [1.82, 2.24) is 0 Å². The van der Waals surface area contributed by atoms with Crippen LogP contribution < -0.4 is 16.4 Å². The SMILES string of the molecule is CC1=[N+](C)[C@H](C)C(C(=C[B-](c2c(F)c(F)c(F)c(F)c2F)(c2c(F)c(F)c(F)c(F)c2F)c2c(F)c(F)c(F)c(F)c2F)c2ccccc2)=C1. The molecule has 0 saturated carbocycles. The van der Waals surface area contributed by atoms with Gasteiger partial charge in [-0.15, -0.1) is 16.4 Å². The quantitative estimate of drug-likeness (QED) is 0.0647. The van der Waals surface area contributed by atoms with E-state index in [1.54, 1.807) is 0 Å². The van der Waals surface area contributed by atoms with Crippen LogP contribution in [0.4, 0.5) is 65.9 Å². The first-order chi connectivity index (χ1) is 23.3. The number of hydrogen-bond donors (Lipinski definition) is 0. The van der Waals surface area contributed by atoms with Gasteiger partial charge in [0.1, 0.15) is 48.1 Å². The summed E-state index contributed by atoms with van der Waals surface area (Å²) in [4.78, 5) is 0. The number of nitrogens with zero attached hydrogens (tertiary/aromatic N) is 1. The molecule has 1 heterocycles. The number of halogens is 15. The maximum atomic E-state index is 16.0. The minimum atomic E-state index is -5.89. The molecule has 50 heavy (non-hydrogen) atoms. The van der Waals surface area contributed by atoms with E-state index in [1.807, 2.05) is 0 Å². The Balaban J connectivity index is 2.26. The summed E-state index contributed by atoms with van der Waals surface area (Å²) >= 11 is 0. The van der Waals surface area contributed by atoms with Crippen LogP contribution in [-0.4, -0.2) is 29.5 Å². The summed E-state index contributed by atoms with van der Waals surface area (Å²) in [6.45, 7) is 2.89. The average Bonchev–Trinajstić information content (AvgIpc) is 3.35. The van der Waals surface area contributed by atoms with Crippen LogP contribution in [0.5, 0.6) is 0 Å². The number of allylic oxidation sites excluding steroid dienone is 1. The molecule has 1 atom stereocenters. The Morgan fingerprint density at radius 3 is 1.10 bits per heavy atom. The van der Waals surface area contributed by atoms with E-state index in [2.05, 4.69) is 0 Å². The molecular formula is C33H17BF15N. The van der Waals surface area contributed by atoms with E-state index in [0.717, 1.165) is 12.1 Å². The number of benzene rings is 4. The number of hydrogen-bond acceptors (Lipinski definition) is 0. The maximum Gasteiger partial charge on any atom is 0.200 e. The Kier molecular flexibility index (Phi) is 9.25. The highest BCUT2D eigenvalue weighted by atomic mass is 19.2. The molecule has 0 N–H and O–H groups in total. The van der Waals surface area contributed by atoms with Gasteiger partial charge in [0.15, 0.2) is 64.1 Å². The summed E-state index contributed by atoms with van der Waals surface area (Å²) in [6.07, 6.45) is -4.63. The molecule has 1 nitrogen and oxygen atoms in total. The minimum absolute atomic E-state index is 0.00105. The first-order valence-electron chi connectivity index (χ1n) is 14.1. The average molecular weight is 723 g/mol. The van der Waals surface area contributed by atoms with E-state index in [-0.39, 0.29) is 17.1 Å². The van der Waals surface area contributed by atoms with Crippen molar-refractivity contribution in [2.24, 2.45) is 0 Å². The molecule has 0 radical (unpaired) electrons. The van der Waals surface area contributed by atoms with Gasteiger partial charge in [-0.05, 0) is 11.1 Å². The van der Waals surface area contributed by atoms with Gasteiger partial charge < -0.3 is 0 Å². The van der Waals surface area contributed by atoms with Crippen LogP contribution in [0.2, 0.25) is 0 Å². The third-order valence-corrected chi connectivity index (χ3v) is 8.86. The predicted octanol–water partition coefficient (Wildman–Crippen LogP) is 7.30.